The van der Waals surface area contributed by atoms with Crippen molar-refractivity contribution in [2.24, 2.45) is 0 Å². The molecule has 1 fully saturated rings. The van der Waals surface area contributed by atoms with Gasteiger partial charge in [-0.2, -0.15) is 0 Å². The molecule has 1 aliphatic rings. The molecule has 0 aromatic carbocycles. The Kier molecular flexibility index (Phi) is 3.69. The van der Waals surface area contributed by atoms with Crippen LogP contribution in [0, 0.1) is 0 Å². The molecule has 0 saturated carbocycles. The number of carboxylic acid groups (broad SMARTS) is 1. The Hall–Kier alpha value is -0.610. The van der Waals surface area contributed by atoms with Crippen molar-refractivity contribution in [2.45, 2.75) is 19.4 Å². The molecule has 0 aliphatic carbocycles. The Morgan fingerprint density at radius 3 is 2.77 bits per heavy atom. The fourth-order valence-electron chi connectivity index (χ4n) is 1.79. The van der Waals surface area contributed by atoms with Gasteiger partial charge in [-0.1, -0.05) is 6.92 Å². The van der Waals surface area contributed by atoms with Gasteiger partial charge in [0.15, 0.2) is 0 Å². The predicted molar refractivity (Wildman–Crippen MR) is 50.8 cm³/mol. The largest absolute Gasteiger partial charge is 0.480 e. The third-order valence-corrected chi connectivity index (χ3v) is 2.69. The molecule has 1 atom stereocenters. The van der Waals surface area contributed by atoms with E-state index in [9.17, 15) is 4.79 Å². The van der Waals surface area contributed by atoms with Gasteiger partial charge in [-0.15, -0.1) is 0 Å². The van der Waals surface area contributed by atoms with Gasteiger partial charge in [0.2, 0.25) is 0 Å². The number of aliphatic carboxylic acids is 1. The van der Waals surface area contributed by atoms with Crippen LogP contribution in [0.25, 0.3) is 0 Å². The lowest BCUT2D eigenvalue weighted by atomic mass is 10.1. The van der Waals surface area contributed by atoms with Crippen LogP contribution in [0.2, 0.25) is 0 Å². The number of carbonyl (C=O) groups is 1. The Morgan fingerprint density at radius 1 is 1.54 bits per heavy atom. The Morgan fingerprint density at radius 2 is 2.23 bits per heavy atom. The van der Waals surface area contributed by atoms with Crippen molar-refractivity contribution in [2.75, 3.05) is 33.2 Å². The standard InChI is InChI=1S/C9H18N2O2/c1-3-8-6-11(7-9(12)13)5-4-10(8)2/h8H,3-7H2,1-2H3,(H,12,13). The van der Waals surface area contributed by atoms with E-state index in [0.717, 1.165) is 26.1 Å². The van der Waals surface area contributed by atoms with Crippen LogP contribution < -0.4 is 0 Å². The number of likely N-dealkylation sites (N-methyl/N-ethyl adjacent to an activating group) is 1. The van der Waals surface area contributed by atoms with Crippen LogP contribution in [0.4, 0.5) is 0 Å². The Labute approximate surface area is 79.1 Å². The summed E-state index contributed by atoms with van der Waals surface area (Å²) in [5.41, 5.74) is 0. The number of hydrogen-bond acceptors (Lipinski definition) is 3. The summed E-state index contributed by atoms with van der Waals surface area (Å²) in [5.74, 6) is -0.723. The van der Waals surface area contributed by atoms with Crippen molar-refractivity contribution < 1.29 is 9.90 Å². The van der Waals surface area contributed by atoms with E-state index in [1.165, 1.54) is 0 Å². The molecule has 1 heterocycles. The SMILES string of the molecule is CCC1CN(CC(=O)O)CCN1C. The first kappa shape index (κ1) is 10.5. The van der Waals surface area contributed by atoms with E-state index in [2.05, 4.69) is 18.9 Å². The van der Waals surface area contributed by atoms with Gasteiger partial charge < -0.3 is 10.0 Å². The molecule has 0 amide bonds. The van der Waals surface area contributed by atoms with Gasteiger partial charge >= 0.3 is 5.97 Å². The van der Waals surface area contributed by atoms with Gasteiger partial charge in [-0.25, -0.2) is 0 Å². The second-order valence-electron chi connectivity index (χ2n) is 3.67. The summed E-state index contributed by atoms with van der Waals surface area (Å²) >= 11 is 0. The first-order valence-corrected chi connectivity index (χ1v) is 4.78. The Bertz CT molecular complexity index is 184. The van der Waals surface area contributed by atoms with Crippen molar-refractivity contribution >= 4 is 5.97 Å². The van der Waals surface area contributed by atoms with E-state index in [1.807, 2.05) is 4.90 Å². The molecule has 1 N–H and O–H groups in total. The number of piperazine rings is 1. The molecule has 13 heavy (non-hydrogen) atoms. The van der Waals surface area contributed by atoms with Crippen LogP contribution in [0.1, 0.15) is 13.3 Å². The van der Waals surface area contributed by atoms with Crippen LogP contribution in [0.3, 0.4) is 0 Å². The normalized spacial score (nSPS) is 26.2. The third-order valence-electron chi connectivity index (χ3n) is 2.69. The highest BCUT2D eigenvalue weighted by molar-refractivity contribution is 5.69. The van der Waals surface area contributed by atoms with Gasteiger partial charge in [0.25, 0.3) is 0 Å². The molecular weight excluding hydrogens is 168 g/mol. The molecule has 4 nitrogen and oxygen atoms in total. The van der Waals surface area contributed by atoms with E-state index in [4.69, 9.17) is 5.11 Å². The van der Waals surface area contributed by atoms with Crippen LogP contribution in [-0.2, 0) is 4.79 Å². The predicted octanol–water partition coefficient (Wildman–Crippen LogP) is 0.0970. The molecule has 0 aromatic rings. The molecule has 4 heteroatoms. The maximum atomic E-state index is 10.5. The molecule has 0 spiro atoms. The number of nitrogens with zero attached hydrogens (tertiary/aromatic N) is 2. The molecule has 0 aromatic heterocycles. The molecule has 0 radical (unpaired) electrons. The number of carboxylic acids is 1. The average Bonchev–Trinajstić information content (AvgIpc) is 2.07. The summed E-state index contributed by atoms with van der Waals surface area (Å²) in [6, 6.07) is 0.521. The van der Waals surface area contributed by atoms with Crippen LogP contribution >= 0.6 is 0 Å². The van der Waals surface area contributed by atoms with Crippen molar-refractivity contribution in [3.05, 3.63) is 0 Å². The van der Waals surface area contributed by atoms with E-state index in [-0.39, 0.29) is 6.54 Å². The molecule has 0 bridgehead atoms. The highest BCUT2D eigenvalue weighted by Gasteiger charge is 2.23. The zero-order chi connectivity index (χ0) is 9.84. The molecule has 1 aliphatic heterocycles. The highest BCUT2D eigenvalue weighted by Crippen LogP contribution is 2.09. The number of rotatable bonds is 3. The fourth-order valence-corrected chi connectivity index (χ4v) is 1.79. The smallest absolute Gasteiger partial charge is 0.317 e. The highest BCUT2D eigenvalue weighted by atomic mass is 16.4. The molecule has 76 valence electrons. The van der Waals surface area contributed by atoms with E-state index in [1.54, 1.807) is 0 Å². The summed E-state index contributed by atoms with van der Waals surface area (Å²) in [4.78, 5) is 14.8. The lowest BCUT2D eigenvalue weighted by Gasteiger charge is -2.38. The van der Waals surface area contributed by atoms with Gasteiger partial charge in [-0.05, 0) is 13.5 Å². The van der Waals surface area contributed by atoms with Gasteiger partial charge in [-0.3, -0.25) is 9.69 Å². The molecule has 1 unspecified atom stereocenters. The maximum Gasteiger partial charge on any atom is 0.317 e. The first-order valence-electron chi connectivity index (χ1n) is 4.78. The molecule has 1 saturated heterocycles. The second-order valence-corrected chi connectivity index (χ2v) is 3.67. The van der Waals surface area contributed by atoms with E-state index < -0.39 is 5.97 Å². The first-order chi connectivity index (χ1) is 6.13. The second kappa shape index (κ2) is 4.58. The van der Waals surface area contributed by atoms with Crippen molar-refractivity contribution in [1.29, 1.82) is 0 Å². The lowest BCUT2D eigenvalue weighted by molar-refractivity contribution is -0.139. The van der Waals surface area contributed by atoms with Gasteiger partial charge in [0.05, 0.1) is 6.54 Å². The zero-order valence-electron chi connectivity index (χ0n) is 8.36. The number of hydrogen-bond donors (Lipinski definition) is 1. The fraction of sp³-hybridized carbons (Fsp3) is 0.889. The lowest BCUT2D eigenvalue weighted by Crippen LogP contribution is -2.52. The third kappa shape index (κ3) is 2.97. The zero-order valence-corrected chi connectivity index (χ0v) is 8.36. The van der Waals surface area contributed by atoms with Crippen LogP contribution in [0.15, 0.2) is 0 Å². The minimum Gasteiger partial charge on any atom is -0.480 e. The van der Waals surface area contributed by atoms with Crippen molar-refractivity contribution in [1.82, 2.24) is 9.80 Å². The summed E-state index contributed by atoms with van der Waals surface area (Å²) in [5, 5.41) is 8.64. The summed E-state index contributed by atoms with van der Waals surface area (Å²) in [7, 11) is 2.10. The van der Waals surface area contributed by atoms with Crippen LogP contribution in [-0.4, -0.2) is 60.1 Å². The minimum atomic E-state index is -0.723. The summed E-state index contributed by atoms with van der Waals surface area (Å²) in [6.07, 6.45) is 1.09. The quantitative estimate of drug-likeness (QED) is 0.679. The molecule has 1 rings (SSSR count). The average molecular weight is 186 g/mol. The minimum absolute atomic E-state index is 0.185. The van der Waals surface area contributed by atoms with E-state index in [0.29, 0.717) is 6.04 Å². The molecular formula is C9H18N2O2. The Balaban J connectivity index is 2.40. The summed E-state index contributed by atoms with van der Waals surface area (Å²) in [6.45, 7) is 5.07. The van der Waals surface area contributed by atoms with Crippen molar-refractivity contribution in [3.63, 3.8) is 0 Å². The van der Waals surface area contributed by atoms with Gasteiger partial charge in [0.1, 0.15) is 0 Å². The maximum absolute atomic E-state index is 10.5. The van der Waals surface area contributed by atoms with Crippen molar-refractivity contribution in [3.8, 4) is 0 Å². The van der Waals surface area contributed by atoms with Gasteiger partial charge in [0, 0.05) is 25.7 Å². The van der Waals surface area contributed by atoms with E-state index >= 15 is 0 Å². The van der Waals surface area contributed by atoms with Crippen LogP contribution in [0.5, 0.6) is 0 Å². The monoisotopic (exact) mass is 186 g/mol. The summed E-state index contributed by atoms with van der Waals surface area (Å²) < 4.78 is 0. The topological polar surface area (TPSA) is 43.8 Å².